The molecule has 0 fully saturated rings. The van der Waals surface area contributed by atoms with Gasteiger partial charge in [0.15, 0.2) is 0 Å². The van der Waals surface area contributed by atoms with Gasteiger partial charge in [0.2, 0.25) is 11.8 Å². The average Bonchev–Trinajstić information content (AvgIpc) is 2.89. The second-order valence-corrected chi connectivity index (χ2v) is 10.9. The van der Waals surface area contributed by atoms with Crippen molar-refractivity contribution in [1.29, 1.82) is 0 Å². The first-order valence-electron chi connectivity index (χ1n) is 12.5. The van der Waals surface area contributed by atoms with E-state index in [2.05, 4.69) is 5.32 Å². The highest BCUT2D eigenvalue weighted by atomic mass is 32.2. The quantitative estimate of drug-likeness (QED) is 0.387. The predicted molar refractivity (Wildman–Crippen MR) is 147 cm³/mol. The molecule has 0 aliphatic carbocycles. The van der Waals surface area contributed by atoms with Crippen LogP contribution >= 0.6 is 0 Å². The lowest BCUT2D eigenvalue weighted by Gasteiger charge is -2.33. The van der Waals surface area contributed by atoms with Gasteiger partial charge in [-0.25, -0.2) is 12.8 Å². The van der Waals surface area contributed by atoms with Crippen LogP contribution in [0.15, 0.2) is 77.7 Å². The van der Waals surface area contributed by atoms with E-state index >= 15 is 0 Å². The third-order valence-corrected chi connectivity index (χ3v) is 8.05. The van der Waals surface area contributed by atoms with E-state index in [0.29, 0.717) is 29.8 Å². The fourth-order valence-electron chi connectivity index (χ4n) is 4.19. The van der Waals surface area contributed by atoms with Gasteiger partial charge in [-0.15, -0.1) is 0 Å². The van der Waals surface area contributed by atoms with Gasteiger partial charge < -0.3 is 10.2 Å². The van der Waals surface area contributed by atoms with E-state index in [1.165, 1.54) is 29.2 Å². The number of rotatable bonds is 11. The molecule has 3 aromatic rings. The number of carbonyl (C=O) groups is 2. The molecule has 9 heteroatoms. The van der Waals surface area contributed by atoms with Crippen molar-refractivity contribution >= 4 is 27.5 Å². The zero-order chi connectivity index (χ0) is 27.9. The summed E-state index contributed by atoms with van der Waals surface area (Å²) in [6.07, 6.45) is 0.313. The molecule has 0 aromatic heterocycles. The normalized spacial score (nSPS) is 12.0. The lowest BCUT2D eigenvalue weighted by molar-refractivity contribution is -0.140. The maximum atomic E-state index is 13.9. The number of aryl methyl sites for hydroxylation is 2. The number of carbonyl (C=O) groups excluding carboxylic acids is 2. The van der Waals surface area contributed by atoms with Crippen LogP contribution in [0.3, 0.4) is 0 Å². The van der Waals surface area contributed by atoms with Gasteiger partial charge in [0.1, 0.15) is 18.4 Å². The largest absolute Gasteiger partial charge is 0.355 e. The minimum Gasteiger partial charge on any atom is -0.355 e. The Morgan fingerprint density at radius 3 is 2.13 bits per heavy atom. The van der Waals surface area contributed by atoms with Gasteiger partial charge in [-0.2, -0.15) is 0 Å². The molecule has 0 heterocycles. The summed E-state index contributed by atoms with van der Waals surface area (Å²) in [6, 6.07) is 18.2. The molecule has 0 aliphatic rings. The van der Waals surface area contributed by atoms with E-state index in [4.69, 9.17) is 0 Å². The van der Waals surface area contributed by atoms with Crippen molar-refractivity contribution < 1.29 is 22.4 Å². The molecular weight excluding hydrogens is 505 g/mol. The Hall–Kier alpha value is -3.72. The molecular formula is C29H34FN3O4S. The number of nitrogens with one attached hydrogen (secondary N) is 1. The Labute approximate surface area is 224 Å². The Morgan fingerprint density at radius 1 is 0.921 bits per heavy atom. The lowest BCUT2D eigenvalue weighted by atomic mass is 10.1. The first-order chi connectivity index (χ1) is 18.1. The molecule has 2 amide bonds. The lowest BCUT2D eigenvalue weighted by Crippen LogP contribution is -2.52. The van der Waals surface area contributed by atoms with Crippen LogP contribution < -0.4 is 9.62 Å². The fraction of sp³-hybridized carbons (Fsp3) is 0.310. The monoisotopic (exact) mass is 539 g/mol. The molecule has 202 valence electrons. The maximum absolute atomic E-state index is 13.9. The summed E-state index contributed by atoms with van der Waals surface area (Å²) in [5, 5.41) is 2.76. The number of hydrogen-bond donors (Lipinski definition) is 1. The number of nitrogens with zero attached hydrogens (tertiary/aromatic N) is 2. The summed E-state index contributed by atoms with van der Waals surface area (Å²) in [6.45, 7) is 7.08. The van der Waals surface area contributed by atoms with Crippen LogP contribution in [0.5, 0.6) is 0 Å². The number of likely N-dealkylation sites (N-methyl/N-ethyl adjacent to an activating group) is 1. The summed E-state index contributed by atoms with van der Waals surface area (Å²) in [4.78, 5) is 28.3. The van der Waals surface area contributed by atoms with Gasteiger partial charge in [-0.3, -0.25) is 13.9 Å². The molecule has 38 heavy (non-hydrogen) atoms. The third kappa shape index (κ3) is 6.77. The van der Waals surface area contributed by atoms with Crippen LogP contribution in [0, 0.1) is 19.7 Å². The van der Waals surface area contributed by atoms with Gasteiger partial charge in [-0.05, 0) is 68.7 Å². The van der Waals surface area contributed by atoms with Gasteiger partial charge in [0, 0.05) is 13.1 Å². The maximum Gasteiger partial charge on any atom is 0.264 e. The van der Waals surface area contributed by atoms with E-state index in [1.807, 2.05) is 6.92 Å². The fourth-order valence-corrected chi connectivity index (χ4v) is 5.67. The first kappa shape index (κ1) is 28.8. The van der Waals surface area contributed by atoms with Crippen LogP contribution in [-0.2, 0) is 26.2 Å². The molecule has 0 spiro atoms. The van der Waals surface area contributed by atoms with Crippen molar-refractivity contribution in [2.45, 2.75) is 51.6 Å². The van der Waals surface area contributed by atoms with E-state index in [-0.39, 0.29) is 17.3 Å². The molecule has 0 bridgehead atoms. The molecule has 7 nitrogen and oxygen atoms in total. The number of anilines is 1. The zero-order valence-electron chi connectivity index (χ0n) is 22.1. The average molecular weight is 540 g/mol. The van der Waals surface area contributed by atoms with Crippen molar-refractivity contribution in [1.82, 2.24) is 10.2 Å². The number of benzene rings is 3. The van der Waals surface area contributed by atoms with E-state index in [0.717, 1.165) is 9.87 Å². The SMILES string of the molecule is CCNC(=O)[C@@H](CC)N(Cc1ccc(F)cc1)C(=O)CN(c1ccccc1C)S(=O)(=O)c1ccc(C)cc1. The van der Waals surface area contributed by atoms with Gasteiger partial charge in [0.05, 0.1) is 10.6 Å². The van der Waals surface area contributed by atoms with Gasteiger partial charge in [-0.1, -0.05) is 55.0 Å². The van der Waals surface area contributed by atoms with E-state index in [1.54, 1.807) is 69.3 Å². The van der Waals surface area contributed by atoms with Crippen molar-refractivity contribution in [2.75, 3.05) is 17.4 Å². The van der Waals surface area contributed by atoms with Crippen molar-refractivity contribution in [3.63, 3.8) is 0 Å². The topological polar surface area (TPSA) is 86.8 Å². The number of para-hydroxylation sites is 1. The third-order valence-electron chi connectivity index (χ3n) is 6.28. The first-order valence-corrected chi connectivity index (χ1v) is 14.0. The minimum absolute atomic E-state index is 0.0148. The van der Waals surface area contributed by atoms with Crippen LogP contribution in [-0.4, -0.2) is 44.3 Å². The molecule has 0 saturated carbocycles. The number of sulfonamides is 1. The van der Waals surface area contributed by atoms with Gasteiger partial charge >= 0.3 is 0 Å². The summed E-state index contributed by atoms with van der Waals surface area (Å²) in [7, 11) is -4.13. The molecule has 1 N–H and O–H groups in total. The highest BCUT2D eigenvalue weighted by molar-refractivity contribution is 7.92. The van der Waals surface area contributed by atoms with Crippen LogP contribution in [0.1, 0.15) is 37.0 Å². The molecule has 3 aromatic carbocycles. The van der Waals surface area contributed by atoms with Crippen LogP contribution in [0.2, 0.25) is 0 Å². The summed E-state index contributed by atoms with van der Waals surface area (Å²) >= 11 is 0. The van der Waals surface area contributed by atoms with E-state index in [9.17, 15) is 22.4 Å². The molecule has 0 aliphatic heterocycles. The predicted octanol–water partition coefficient (Wildman–Crippen LogP) is 4.58. The Morgan fingerprint density at radius 2 is 1.55 bits per heavy atom. The Balaban J connectivity index is 2.06. The summed E-state index contributed by atoms with van der Waals surface area (Å²) in [5.41, 5.74) is 2.57. The molecule has 3 rings (SSSR count). The Bertz CT molecular complexity index is 1360. The van der Waals surface area contributed by atoms with Crippen LogP contribution in [0.4, 0.5) is 10.1 Å². The van der Waals surface area contributed by atoms with Crippen molar-refractivity contribution in [3.8, 4) is 0 Å². The number of hydrogen-bond acceptors (Lipinski definition) is 4. The zero-order valence-corrected chi connectivity index (χ0v) is 23.0. The second-order valence-electron chi connectivity index (χ2n) is 9.08. The van der Waals surface area contributed by atoms with Crippen molar-refractivity contribution in [3.05, 3.63) is 95.3 Å². The smallest absolute Gasteiger partial charge is 0.264 e. The molecule has 0 saturated heterocycles. The molecule has 0 radical (unpaired) electrons. The minimum atomic E-state index is -4.13. The Kier molecular flexibility index (Phi) is 9.63. The standard InChI is InChI=1S/C29H34FN3O4S/c1-5-26(29(35)31-6-2)32(19-23-13-15-24(30)16-14-23)28(34)20-33(27-10-8-7-9-22(27)4)38(36,37)25-17-11-21(3)12-18-25/h7-18,26H,5-6,19-20H2,1-4H3,(H,31,35)/t26-/m1/s1. The van der Waals surface area contributed by atoms with E-state index < -0.39 is 34.3 Å². The summed E-state index contributed by atoms with van der Waals surface area (Å²) in [5.74, 6) is -1.31. The number of halogens is 1. The molecule has 1 atom stereocenters. The number of amides is 2. The molecule has 0 unspecified atom stereocenters. The summed E-state index contributed by atoms with van der Waals surface area (Å²) < 4.78 is 42.3. The highest BCUT2D eigenvalue weighted by Crippen LogP contribution is 2.27. The van der Waals surface area contributed by atoms with Gasteiger partial charge in [0.25, 0.3) is 10.0 Å². The second kappa shape index (κ2) is 12.7. The highest BCUT2D eigenvalue weighted by Gasteiger charge is 2.34. The van der Waals surface area contributed by atoms with Crippen LogP contribution in [0.25, 0.3) is 0 Å². The van der Waals surface area contributed by atoms with Crippen molar-refractivity contribution in [2.24, 2.45) is 0 Å².